The van der Waals surface area contributed by atoms with Crippen LogP contribution in [0.25, 0.3) is 0 Å². The van der Waals surface area contributed by atoms with E-state index in [2.05, 4.69) is 29.1 Å². The number of hydrogen-bond donors (Lipinski definition) is 12. The van der Waals surface area contributed by atoms with Crippen molar-refractivity contribution in [2.24, 2.45) is 0 Å². The van der Waals surface area contributed by atoms with Crippen LogP contribution < -0.4 is 16.0 Å². The Morgan fingerprint density at radius 3 is 1.10 bits per heavy atom. The molecule has 86 heavy (non-hydrogen) atoms. The van der Waals surface area contributed by atoms with Crippen LogP contribution in [-0.2, 0) is 76.5 Å². The molecule has 0 bridgehead atoms. The lowest BCUT2D eigenvalue weighted by Gasteiger charge is -2.36. The number of ether oxygens (including phenoxy) is 4. The highest BCUT2D eigenvalue weighted by Gasteiger charge is 2.34. The van der Waals surface area contributed by atoms with E-state index < -0.39 is 128 Å². The van der Waals surface area contributed by atoms with Crippen molar-refractivity contribution in [3.63, 3.8) is 0 Å². The van der Waals surface area contributed by atoms with Gasteiger partial charge in [-0.1, -0.05) is 38.5 Å². The van der Waals surface area contributed by atoms with E-state index in [0.29, 0.717) is 31.6 Å². The molecule has 31 heteroatoms. The van der Waals surface area contributed by atoms with Crippen LogP contribution in [0.1, 0.15) is 122 Å². The molecule has 3 atom stereocenters. The first-order chi connectivity index (χ1) is 40.6. The van der Waals surface area contributed by atoms with Crippen LogP contribution in [0.2, 0.25) is 0 Å². The van der Waals surface area contributed by atoms with Gasteiger partial charge in [0.1, 0.15) is 29.4 Å². The normalized spacial score (nSPS) is 13.0. The number of nitrogens with one attached hydrogen (secondary N) is 3. The predicted octanol–water partition coefficient (Wildman–Crippen LogP) is 1.07. The van der Waals surface area contributed by atoms with E-state index >= 15 is 0 Å². The number of carboxylic acids is 9. The highest BCUT2D eigenvalue weighted by molar-refractivity contribution is 5.80. The third-order valence-corrected chi connectivity index (χ3v) is 13.0. The molecule has 0 aromatic heterocycles. The van der Waals surface area contributed by atoms with E-state index in [9.17, 15) is 103 Å². The lowest BCUT2D eigenvalue weighted by Crippen LogP contribution is -2.56. The molecule has 0 spiro atoms. The molecule has 0 saturated carbocycles. The molecule has 0 radical (unpaired) electrons. The second kappa shape index (κ2) is 46.1. The maximum Gasteiger partial charge on any atom is 0.320 e. The first-order valence-electron chi connectivity index (χ1n) is 28.3. The molecule has 0 saturated heterocycles. The fourth-order valence-corrected chi connectivity index (χ4v) is 8.66. The van der Waals surface area contributed by atoms with Gasteiger partial charge >= 0.3 is 53.7 Å². The first kappa shape index (κ1) is 78.8. The predicted molar refractivity (Wildman–Crippen MR) is 302 cm³/mol. The number of unbranched alkanes of at least 4 members (excludes halogenated alkanes) is 4. The van der Waals surface area contributed by atoms with Crippen LogP contribution in [0.4, 0.5) is 0 Å². The molecule has 3 unspecified atom stereocenters. The second-order valence-electron chi connectivity index (χ2n) is 20.5. The Hall–Kier alpha value is -7.16. The van der Waals surface area contributed by atoms with Gasteiger partial charge in [0.15, 0.2) is 0 Å². The molecule has 0 aliphatic carbocycles. The molecule has 0 heterocycles. The van der Waals surface area contributed by atoms with Crippen LogP contribution in [0.15, 0.2) is 24.4 Å². The number of carboxylic acid groups (broad SMARTS) is 9. The first-order valence-corrected chi connectivity index (χ1v) is 28.3. The molecular weight excluding hydrogens is 1140 g/mol. The van der Waals surface area contributed by atoms with Gasteiger partial charge in [-0.25, -0.2) is 0 Å². The number of Topliss-reactive ketones (excluding diaryl/α,β-unsaturated/α-hetero) is 1. The summed E-state index contributed by atoms with van der Waals surface area (Å²) < 4.78 is 24.0. The Kier molecular flexibility index (Phi) is 42.3. The van der Waals surface area contributed by atoms with Crippen LogP contribution >= 0.6 is 0 Å². The quantitative estimate of drug-likeness (QED) is 0.0299. The third-order valence-electron chi connectivity index (χ3n) is 13.0. The zero-order chi connectivity index (χ0) is 65.0. The molecule has 0 fully saturated rings. The third kappa shape index (κ3) is 40.2. The maximum atomic E-state index is 13.0. The van der Waals surface area contributed by atoms with Gasteiger partial charge in [-0.05, 0) is 70.6 Å². The van der Waals surface area contributed by atoms with Crippen molar-refractivity contribution in [1.82, 2.24) is 30.7 Å². The number of ketones is 1. The largest absolute Gasteiger partial charge is 0.480 e. The van der Waals surface area contributed by atoms with Crippen LogP contribution in [0.3, 0.4) is 0 Å². The zero-order valence-electron chi connectivity index (χ0n) is 49.1. The summed E-state index contributed by atoms with van der Waals surface area (Å²) in [7, 11) is 0. The lowest BCUT2D eigenvalue weighted by molar-refractivity contribution is -0.152. The summed E-state index contributed by atoms with van der Waals surface area (Å²) in [5.41, 5.74) is 0.261. The van der Waals surface area contributed by atoms with Gasteiger partial charge in [-0.15, -0.1) is 0 Å². The van der Waals surface area contributed by atoms with E-state index in [1.54, 1.807) is 0 Å². The number of rotatable bonds is 59. The minimum atomic E-state index is -1.41. The summed E-state index contributed by atoms with van der Waals surface area (Å²) in [6, 6.07) is -4.18. The second-order valence-corrected chi connectivity index (χ2v) is 20.5. The molecule has 12 N–H and O–H groups in total. The molecule has 0 aliphatic heterocycles. The number of carbonyl (C=O) groups excluding carboxylic acids is 3. The number of hydrogen-bond acceptors (Lipinski definition) is 20. The number of carbonyl (C=O) groups is 12. The Bertz CT molecular complexity index is 1950. The van der Waals surface area contributed by atoms with Crippen LogP contribution in [0.5, 0.6) is 0 Å². The molecule has 0 aromatic rings. The van der Waals surface area contributed by atoms with Gasteiger partial charge in [-0.2, -0.15) is 0 Å². The van der Waals surface area contributed by atoms with Crippen molar-refractivity contribution in [1.29, 1.82) is 0 Å². The summed E-state index contributed by atoms with van der Waals surface area (Å²) >= 11 is 0. The Morgan fingerprint density at radius 2 is 0.756 bits per heavy atom. The van der Waals surface area contributed by atoms with E-state index in [-0.39, 0.29) is 142 Å². The van der Waals surface area contributed by atoms with Gasteiger partial charge in [0.25, 0.3) is 0 Å². The SMILES string of the molecule is C=C(CC)CCCOCCC(=C)NC(COCCC(=O)CCCCCC(C(=O)O)N(CC(=O)O)CC(=O)O)(COCCC(=O)NCCCCC(C(=O)O)N(CC(=O)O)CC(=O)O)COCCC(=O)NCCCCC(C(=O)O)N(CC(=O)O)CC(=O)O. The van der Waals surface area contributed by atoms with E-state index in [1.165, 1.54) is 0 Å². The number of aliphatic carboxylic acids is 9. The average Bonchev–Trinajstić information content (AvgIpc) is 3.54. The van der Waals surface area contributed by atoms with Crippen molar-refractivity contribution >= 4 is 71.3 Å². The Balaban J connectivity index is 6.12. The van der Waals surface area contributed by atoms with Crippen molar-refractivity contribution in [3.8, 4) is 0 Å². The molecule has 0 rings (SSSR count). The maximum absolute atomic E-state index is 13.0. The van der Waals surface area contributed by atoms with E-state index in [0.717, 1.165) is 39.5 Å². The fourth-order valence-electron chi connectivity index (χ4n) is 8.66. The number of amides is 2. The molecule has 2 amide bonds. The van der Waals surface area contributed by atoms with Crippen molar-refractivity contribution in [3.05, 3.63) is 24.4 Å². The summed E-state index contributed by atoms with van der Waals surface area (Å²) in [5.74, 6) is -13.7. The van der Waals surface area contributed by atoms with Crippen LogP contribution in [0, 0.1) is 0 Å². The lowest BCUT2D eigenvalue weighted by atomic mass is 10.0. The van der Waals surface area contributed by atoms with Gasteiger partial charge in [0, 0.05) is 57.5 Å². The summed E-state index contributed by atoms with van der Waals surface area (Å²) in [6.07, 6.45) is 4.03. The van der Waals surface area contributed by atoms with Gasteiger partial charge in [0.05, 0.1) is 85.5 Å². The minimum Gasteiger partial charge on any atom is -0.480 e. The number of allylic oxidation sites excluding steroid dienone is 1. The molecule has 0 aromatic carbocycles. The smallest absolute Gasteiger partial charge is 0.320 e. The summed E-state index contributed by atoms with van der Waals surface area (Å²) in [6.45, 7) is 5.29. The topological polar surface area (TPSA) is 470 Å². The summed E-state index contributed by atoms with van der Waals surface area (Å²) in [4.78, 5) is 145. The minimum absolute atomic E-state index is 0.0556. The average molecular weight is 1240 g/mol. The van der Waals surface area contributed by atoms with Crippen molar-refractivity contribution < 1.29 is 122 Å². The van der Waals surface area contributed by atoms with E-state index in [1.807, 2.05) is 6.92 Å². The fraction of sp³-hybridized carbons (Fsp3) is 0.709. The zero-order valence-corrected chi connectivity index (χ0v) is 49.1. The van der Waals surface area contributed by atoms with Crippen LogP contribution in [-0.4, -0.2) is 261 Å². The highest BCUT2D eigenvalue weighted by Crippen LogP contribution is 2.17. The van der Waals surface area contributed by atoms with Crippen molar-refractivity contribution in [2.75, 3.05) is 105 Å². The monoisotopic (exact) mass is 1230 g/mol. The Labute approximate surface area is 499 Å². The van der Waals surface area contributed by atoms with Gasteiger partial charge in [-0.3, -0.25) is 72.2 Å². The molecule has 490 valence electrons. The highest BCUT2D eigenvalue weighted by atomic mass is 16.5. The molecular formula is C55H90N6O25. The number of nitrogens with zero attached hydrogens (tertiary/aromatic N) is 3. The standard InChI is InChI=1S/C55H90N6O25/c1-4-38(2)13-12-24-83-25-18-39(3)58-55(35-84-26-19-40(62)14-6-5-7-15-41(52(77)78)59(29-46(65)66)30-47(67)68,36-85-27-20-44(63)56-22-10-8-16-42(53(79)80)60(31-48(69)70)32-49(71)72)37-86-28-21-45(64)57-23-11-9-17-43(54(81)82)61(33-50(73)74)34-51(75)76/h41-43,58H,2-37H2,1H3,(H,56,63)(H,57,64)(H,65,66)(H,67,68)(H,69,70)(H,71,72)(H,73,74)(H,75,76)(H,77,78)(H,79,80)(H,81,82). The van der Waals surface area contributed by atoms with Gasteiger partial charge < -0.3 is 80.9 Å². The van der Waals surface area contributed by atoms with Crippen molar-refractivity contribution in [2.45, 2.75) is 146 Å². The van der Waals surface area contributed by atoms with Gasteiger partial charge in [0.2, 0.25) is 11.8 Å². The molecule has 0 aliphatic rings. The molecule has 31 nitrogen and oxygen atoms in total. The Morgan fingerprint density at radius 1 is 0.407 bits per heavy atom. The van der Waals surface area contributed by atoms with E-state index in [4.69, 9.17) is 18.9 Å². The summed E-state index contributed by atoms with van der Waals surface area (Å²) in [5, 5.41) is 92.8.